The SMILES string of the molecule is Clc1ncccc1-c1ccc2scnc2c1. The number of rotatable bonds is 1. The summed E-state index contributed by atoms with van der Waals surface area (Å²) in [6, 6.07) is 9.99. The van der Waals surface area contributed by atoms with Gasteiger partial charge >= 0.3 is 0 Å². The Labute approximate surface area is 102 Å². The van der Waals surface area contributed by atoms with Gasteiger partial charge in [0.2, 0.25) is 0 Å². The van der Waals surface area contributed by atoms with Crippen molar-refractivity contribution in [3.8, 4) is 11.1 Å². The predicted molar refractivity (Wildman–Crippen MR) is 67.9 cm³/mol. The molecule has 0 saturated carbocycles. The normalized spacial score (nSPS) is 10.8. The smallest absolute Gasteiger partial charge is 0.136 e. The van der Waals surface area contributed by atoms with Gasteiger partial charge in [0.15, 0.2) is 0 Å². The Morgan fingerprint density at radius 3 is 2.94 bits per heavy atom. The number of benzene rings is 1. The molecular weight excluding hydrogens is 240 g/mol. The summed E-state index contributed by atoms with van der Waals surface area (Å²) < 4.78 is 1.18. The van der Waals surface area contributed by atoms with E-state index in [-0.39, 0.29) is 0 Å². The average molecular weight is 247 g/mol. The van der Waals surface area contributed by atoms with Gasteiger partial charge in [0.25, 0.3) is 0 Å². The first-order valence-electron chi connectivity index (χ1n) is 4.79. The molecule has 0 bridgehead atoms. The number of aromatic nitrogens is 2. The molecule has 2 aromatic heterocycles. The number of nitrogens with zero attached hydrogens (tertiary/aromatic N) is 2. The van der Waals surface area contributed by atoms with Gasteiger partial charge in [-0.3, -0.25) is 0 Å². The minimum atomic E-state index is 0.525. The minimum Gasteiger partial charge on any atom is -0.245 e. The van der Waals surface area contributed by atoms with E-state index in [1.165, 1.54) is 4.70 Å². The van der Waals surface area contributed by atoms with Gasteiger partial charge < -0.3 is 0 Å². The molecule has 3 rings (SSSR count). The van der Waals surface area contributed by atoms with E-state index in [1.807, 2.05) is 29.8 Å². The quantitative estimate of drug-likeness (QED) is 0.607. The highest BCUT2D eigenvalue weighted by Gasteiger charge is 2.05. The molecule has 0 fully saturated rings. The molecule has 1 aromatic carbocycles. The Kier molecular flexibility index (Phi) is 2.35. The lowest BCUT2D eigenvalue weighted by atomic mass is 10.1. The third-order valence-corrected chi connectivity index (χ3v) is 3.51. The molecule has 0 spiro atoms. The largest absolute Gasteiger partial charge is 0.245 e. The van der Waals surface area contributed by atoms with Gasteiger partial charge in [-0.15, -0.1) is 11.3 Å². The van der Waals surface area contributed by atoms with Crippen LogP contribution in [0, 0.1) is 0 Å². The molecule has 0 amide bonds. The van der Waals surface area contributed by atoms with E-state index in [1.54, 1.807) is 17.5 Å². The second kappa shape index (κ2) is 3.85. The van der Waals surface area contributed by atoms with Crippen LogP contribution in [0.2, 0.25) is 5.15 Å². The molecule has 0 aliphatic carbocycles. The summed E-state index contributed by atoms with van der Waals surface area (Å²) >= 11 is 7.69. The average Bonchev–Trinajstić information content (AvgIpc) is 2.76. The van der Waals surface area contributed by atoms with E-state index < -0.39 is 0 Å². The molecule has 0 atom stereocenters. The molecule has 16 heavy (non-hydrogen) atoms. The van der Waals surface area contributed by atoms with Crippen molar-refractivity contribution in [3.63, 3.8) is 0 Å². The van der Waals surface area contributed by atoms with E-state index in [4.69, 9.17) is 11.6 Å². The number of halogens is 1. The van der Waals surface area contributed by atoms with Gasteiger partial charge in [0.1, 0.15) is 5.15 Å². The van der Waals surface area contributed by atoms with Crippen LogP contribution in [-0.4, -0.2) is 9.97 Å². The highest BCUT2D eigenvalue weighted by molar-refractivity contribution is 7.16. The maximum absolute atomic E-state index is 6.05. The summed E-state index contributed by atoms with van der Waals surface area (Å²) in [5.41, 5.74) is 4.84. The summed E-state index contributed by atoms with van der Waals surface area (Å²) in [5, 5.41) is 0.525. The van der Waals surface area contributed by atoms with Crippen LogP contribution >= 0.6 is 22.9 Å². The highest BCUT2D eigenvalue weighted by atomic mass is 35.5. The van der Waals surface area contributed by atoms with Gasteiger partial charge in [-0.25, -0.2) is 9.97 Å². The molecule has 0 aliphatic heterocycles. The van der Waals surface area contributed by atoms with E-state index in [9.17, 15) is 0 Å². The molecule has 78 valence electrons. The molecule has 4 heteroatoms. The van der Waals surface area contributed by atoms with Crippen molar-refractivity contribution in [1.29, 1.82) is 0 Å². The predicted octanol–water partition coefficient (Wildman–Crippen LogP) is 4.01. The van der Waals surface area contributed by atoms with Crippen LogP contribution in [0.1, 0.15) is 0 Å². The molecule has 0 saturated heterocycles. The first-order chi connectivity index (χ1) is 7.84. The summed E-state index contributed by atoms with van der Waals surface area (Å²) in [4.78, 5) is 8.36. The summed E-state index contributed by atoms with van der Waals surface area (Å²) in [6.07, 6.45) is 1.69. The zero-order chi connectivity index (χ0) is 11.0. The molecule has 0 radical (unpaired) electrons. The maximum atomic E-state index is 6.05. The minimum absolute atomic E-state index is 0.525. The molecule has 2 nitrogen and oxygen atoms in total. The van der Waals surface area contributed by atoms with E-state index in [0.717, 1.165) is 16.6 Å². The van der Waals surface area contributed by atoms with Crippen LogP contribution in [0.25, 0.3) is 21.3 Å². The van der Waals surface area contributed by atoms with Gasteiger partial charge in [0, 0.05) is 11.8 Å². The van der Waals surface area contributed by atoms with E-state index in [0.29, 0.717) is 5.15 Å². The second-order valence-electron chi connectivity index (χ2n) is 3.38. The van der Waals surface area contributed by atoms with Gasteiger partial charge in [-0.05, 0) is 29.8 Å². The van der Waals surface area contributed by atoms with Crippen LogP contribution in [0.4, 0.5) is 0 Å². The Balaban J connectivity index is 2.22. The van der Waals surface area contributed by atoms with Crippen LogP contribution in [0.3, 0.4) is 0 Å². The van der Waals surface area contributed by atoms with Crippen molar-refractivity contribution >= 4 is 33.2 Å². The van der Waals surface area contributed by atoms with Gasteiger partial charge in [0.05, 0.1) is 15.7 Å². The van der Waals surface area contributed by atoms with E-state index in [2.05, 4.69) is 16.0 Å². The Morgan fingerprint density at radius 2 is 2.06 bits per heavy atom. The van der Waals surface area contributed by atoms with Crippen LogP contribution in [-0.2, 0) is 0 Å². The monoisotopic (exact) mass is 246 g/mol. The fourth-order valence-corrected chi connectivity index (χ4v) is 2.51. The summed E-state index contributed by atoms with van der Waals surface area (Å²) in [6.45, 7) is 0. The lowest BCUT2D eigenvalue weighted by Crippen LogP contribution is -1.82. The van der Waals surface area contributed by atoms with Gasteiger partial charge in [-0.2, -0.15) is 0 Å². The van der Waals surface area contributed by atoms with Crippen molar-refractivity contribution in [2.45, 2.75) is 0 Å². The lowest BCUT2D eigenvalue weighted by Gasteiger charge is -2.02. The van der Waals surface area contributed by atoms with Crippen molar-refractivity contribution in [3.05, 3.63) is 47.2 Å². The Bertz CT molecular complexity index is 648. The fraction of sp³-hybridized carbons (Fsp3) is 0. The molecular formula is C12H7ClN2S. The van der Waals surface area contributed by atoms with Crippen molar-refractivity contribution in [1.82, 2.24) is 9.97 Å². The molecule has 3 aromatic rings. The van der Waals surface area contributed by atoms with E-state index >= 15 is 0 Å². The highest BCUT2D eigenvalue weighted by Crippen LogP contribution is 2.29. The maximum Gasteiger partial charge on any atom is 0.136 e. The number of hydrogen-bond donors (Lipinski definition) is 0. The number of hydrogen-bond acceptors (Lipinski definition) is 3. The summed E-state index contributed by atoms with van der Waals surface area (Å²) in [5.74, 6) is 0. The first-order valence-corrected chi connectivity index (χ1v) is 6.04. The van der Waals surface area contributed by atoms with Crippen molar-refractivity contribution in [2.75, 3.05) is 0 Å². The Hall–Kier alpha value is -1.45. The second-order valence-corrected chi connectivity index (χ2v) is 4.62. The van der Waals surface area contributed by atoms with Crippen LogP contribution < -0.4 is 0 Å². The number of pyridine rings is 1. The molecule has 2 heterocycles. The zero-order valence-corrected chi connectivity index (χ0v) is 9.79. The lowest BCUT2D eigenvalue weighted by molar-refractivity contribution is 1.33. The summed E-state index contributed by atoms with van der Waals surface area (Å²) in [7, 11) is 0. The third kappa shape index (κ3) is 1.58. The zero-order valence-electron chi connectivity index (χ0n) is 8.22. The molecule has 0 N–H and O–H groups in total. The van der Waals surface area contributed by atoms with Crippen molar-refractivity contribution in [2.24, 2.45) is 0 Å². The van der Waals surface area contributed by atoms with Crippen LogP contribution in [0.5, 0.6) is 0 Å². The van der Waals surface area contributed by atoms with Crippen molar-refractivity contribution < 1.29 is 0 Å². The third-order valence-electron chi connectivity index (χ3n) is 2.40. The fourth-order valence-electron chi connectivity index (χ4n) is 1.63. The van der Waals surface area contributed by atoms with Crippen LogP contribution in [0.15, 0.2) is 42.0 Å². The molecule has 0 unspecified atom stereocenters. The first kappa shape index (κ1) is 9.75. The molecule has 0 aliphatic rings. The Morgan fingerprint density at radius 1 is 1.12 bits per heavy atom. The van der Waals surface area contributed by atoms with Gasteiger partial charge in [-0.1, -0.05) is 17.7 Å². The topological polar surface area (TPSA) is 25.8 Å². The standard InChI is InChI=1S/C12H7ClN2S/c13-12-9(2-1-5-14-12)8-3-4-11-10(6-8)15-7-16-11/h1-7H. The number of fused-ring (bicyclic) bond motifs is 1. The number of thiazole rings is 1.